The van der Waals surface area contributed by atoms with Gasteiger partial charge in [0.25, 0.3) is 0 Å². The predicted octanol–water partition coefficient (Wildman–Crippen LogP) is 4.77. The molecule has 0 radical (unpaired) electrons. The highest BCUT2D eigenvalue weighted by molar-refractivity contribution is 7.15. The second kappa shape index (κ2) is 6.38. The first-order valence-electron chi connectivity index (χ1n) is 7.32. The van der Waals surface area contributed by atoms with Crippen molar-refractivity contribution in [3.63, 3.8) is 0 Å². The molecule has 0 atom stereocenters. The van der Waals surface area contributed by atoms with Crippen LogP contribution in [0.25, 0.3) is 21.8 Å². The predicted molar refractivity (Wildman–Crippen MR) is 93.3 cm³/mol. The highest BCUT2D eigenvalue weighted by atomic mass is 32.1. The minimum atomic E-state index is -0.245. The third-order valence-electron chi connectivity index (χ3n) is 3.61. The Labute approximate surface area is 138 Å². The van der Waals surface area contributed by atoms with Gasteiger partial charge in [-0.2, -0.15) is 0 Å². The van der Waals surface area contributed by atoms with Gasteiger partial charge in [-0.15, -0.1) is 11.3 Å². The fourth-order valence-corrected chi connectivity index (χ4v) is 3.44. The van der Waals surface area contributed by atoms with Gasteiger partial charge in [0.2, 0.25) is 0 Å². The Hall–Kier alpha value is -2.40. The third kappa shape index (κ3) is 3.05. The van der Waals surface area contributed by atoms with Gasteiger partial charge in [-0.25, -0.2) is 9.37 Å². The van der Waals surface area contributed by atoms with Crippen molar-refractivity contribution in [1.82, 2.24) is 4.98 Å². The zero-order valence-electron chi connectivity index (χ0n) is 13.0. The molecule has 2 N–H and O–H groups in total. The zero-order chi connectivity index (χ0) is 16.4. The molecule has 0 bridgehead atoms. The molecule has 0 saturated heterocycles. The van der Waals surface area contributed by atoms with Crippen LogP contribution < -0.4 is 10.5 Å². The lowest BCUT2D eigenvalue weighted by molar-refractivity contribution is 0.417. The van der Waals surface area contributed by atoms with Crippen LogP contribution in [0.15, 0.2) is 42.5 Å². The van der Waals surface area contributed by atoms with Crippen LogP contribution in [0.5, 0.6) is 5.75 Å². The van der Waals surface area contributed by atoms with Crippen molar-refractivity contribution in [2.45, 2.75) is 13.3 Å². The van der Waals surface area contributed by atoms with Gasteiger partial charge in [-0.1, -0.05) is 6.92 Å². The van der Waals surface area contributed by atoms with Crippen molar-refractivity contribution in [3.05, 3.63) is 53.2 Å². The summed E-state index contributed by atoms with van der Waals surface area (Å²) in [6, 6.07) is 12.1. The Morgan fingerprint density at radius 3 is 2.43 bits per heavy atom. The number of methoxy groups -OCH3 is 1. The summed E-state index contributed by atoms with van der Waals surface area (Å²) in [5.41, 5.74) is 9.35. The Bertz CT molecular complexity index is 828. The fourth-order valence-electron chi connectivity index (χ4n) is 2.42. The van der Waals surface area contributed by atoms with Crippen LogP contribution in [-0.2, 0) is 6.42 Å². The molecule has 0 aliphatic rings. The number of rotatable bonds is 4. The number of nitrogen functional groups attached to an aromatic ring is 1. The van der Waals surface area contributed by atoms with Gasteiger partial charge >= 0.3 is 0 Å². The van der Waals surface area contributed by atoms with E-state index in [-0.39, 0.29) is 5.82 Å². The molecule has 118 valence electrons. The number of ether oxygens (including phenoxy) is 1. The van der Waals surface area contributed by atoms with E-state index in [1.807, 2.05) is 18.2 Å². The molecule has 1 heterocycles. The maximum atomic E-state index is 13.1. The van der Waals surface area contributed by atoms with E-state index in [4.69, 9.17) is 15.5 Å². The molecule has 1 aromatic heterocycles. The number of nitrogens with two attached hydrogens (primary N) is 1. The number of aryl methyl sites for hydroxylation is 1. The minimum Gasteiger partial charge on any atom is -0.495 e. The summed E-state index contributed by atoms with van der Waals surface area (Å²) < 4.78 is 18.3. The number of hydrogen-bond donors (Lipinski definition) is 1. The summed E-state index contributed by atoms with van der Waals surface area (Å²) in [6.45, 7) is 2.09. The number of thiazole rings is 1. The van der Waals surface area contributed by atoms with E-state index in [2.05, 4.69) is 6.92 Å². The minimum absolute atomic E-state index is 0.245. The smallest absolute Gasteiger partial charge is 0.141 e. The Balaban J connectivity index is 2.05. The van der Waals surface area contributed by atoms with E-state index in [0.29, 0.717) is 11.4 Å². The van der Waals surface area contributed by atoms with Crippen LogP contribution in [-0.4, -0.2) is 12.1 Å². The number of hydrogen-bond acceptors (Lipinski definition) is 4. The molecular weight excluding hydrogens is 311 g/mol. The Morgan fingerprint density at radius 1 is 1.13 bits per heavy atom. The normalized spacial score (nSPS) is 10.7. The van der Waals surface area contributed by atoms with Gasteiger partial charge in [0.05, 0.1) is 18.5 Å². The molecule has 0 fully saturated rings. The molecule has 0 amide bonds. The lowest BCUT2D eigenvalue weighted by atomic mass is 10.1. The number of aromatic nitrogens is 1. The van der Waals surface area contributed by atoms with Gasteiger partial charge in [0, 0.05) is 16.0 Å². The van der Waals surface area contributed by atoms with E-state index in [9.17, 15) is 4.39 Å². The number of benzene rings is 2. The lowest BCUT2D eigenvalue weighted by Crippen LogP contribution is -1.92. The van der Waals surface area contributed by atoms with Crippen LogP contribution in [0, 0.1) is 5.82 Å². The maximum absolute atomic E-state index is 13.1. The molecule has 2 aromatic carbocycles. The first-order chi connectivity index (χ1) is 11.1. The molecule has 3 aromatic rings. The molecule has 3 nitrogen and oxygen atoms in total. The van der Waals surface area contributed by atoms with E-state index in [0.717, 1.165) is 28.2 Å². The van der Waals surface area contributed by atoms with E-state index in [1.165, 1.54) is 17.0 Å². The standard InChI is InChI=1S/C18H17FN2OS/c1-3-16-17(11-4-7-13(19)8-5-11)21-18(23-16)12-6-9-15(22-2)14(20)10-12/h4-10H,3,20H2,1-2H3. The van der Waals surface area contributed by atoms with E-state index in [1.54, 1.807) is 30.6 Å². The fraction of sp³-hybridized carbons (Fsp3) is 0.167. The highest BCUT2D eigenvalue weighted by Gasteiger charge is 2.14. The highest BCUT2D eigenvalue weighted by Crippen LogP contribution is 2.36. The zero-order valence-corrected chi connectivity index (χ0v) is 13.8. The molecule has 0 saturated carbocycles. The maximum Gasteiger partial charge on any atom is 0.141 e. The van der Waals surface area contributed by atoms with E-state index < -0.39 is 0 Å². The van der Waals surface area contributed by atoms with Crippen molar-refractivity contribution < 1.29 is 9.13 Å². The van der Waals surface area contributed by atoms with Crippen molar-refractivity contribution in [3.8, 4) is 27.6 Å². The lowest BCUT2D eigenvalue weighted by Gasteiger charge is -2.05. The monoisotopic (exact) mass is 328 g/mol. The van der Waals surface area contributed by atoms with Crippen molar-refractivity contribution >= 4 is 17.0 Å². The number of anilines is 1. The molecule has 0 aliphatic carbocycles. The summed E-state index contributed by atoms with van der Waals surface area (Å²) in [5, 5.41) is 0.899. The average molecular weight is 328 g/mol. The quantitative estimate of drug-likeness (QED) is 0.702. The molecule has 3 rings (SSSR count). The third-order valence-corrected chi connectivity index (χ3v) is 4.86. The van der Waals surface area contributed by atoms with Gasteiger partial charge < -0.3 is 10.5 Å². The van der Waals surface area contributed by atoms with Gasteiger partial charge in [0.15, 0.2) is 0 Å². The average Bonchev–Trinajstić information content (AvgIpc) is 3.00. The molecular formula is C18H17FN2OS. The molecule has 0 aliphatic heterocycles. The van der Waals surface area contributed by atoms with Gasteiger partial charge in [-0.05, 0) is 48.9 Å². The van der Waals surface area contributed by atoms with Crippen LogP contribution in [0.1, 0.15) is 11.8 Å². The van der Waals surface area contributed by atoms with Gasteiger partial charge in [0.1, 0.15) is 16.6 Å². The second-order valence-electron chi connectivity index (χ2n) is 5.11. The Morgan fingerprint density at radius 2 is 1.83 bits per heavy atom. The second-order valence-corrected chi connectivity index (χ2v) is 6.19. The number of halogens is 1. The van der Waals surface area contributed by atoms with E-state index >= 15 is 0 Å². The summed E-state index contributed by atoms with van der Waals surface area (Å²) in [4.78, 5) is 5.92. The largest absolute Gasteiger partial charge is 0.495 e. The van der Waals surface area contributed by atoms with Crippen molar-refractivity contribution in [1.29, 1.82) is 0 Å². The summed E-state index contributed by atoms with van der Waals surface area (Å²) in [5.74, 6) is 0.407. The molecule has 23 heavy (non-hydrogen) atoms. The summed E-state index contributed by atoms with van der Waals surface area (Å²) >= 11 is 1.63. The SMILES string of the molecule is CCc1sc(-c2ccc(OC)c(N)c2)nc1-c1ccc(F)cc1. The van der Waals surface area contributed by atoms with Crippen molar-refractivity contribution in [2.24, 2.45) is 0 Å². The summed E-state index contributed by atoms with van der Waals surface area (Å²) in [7, 11) is 1.59. The van der Waals surface area contributed by atoms with Gasteiger partial charge in [-0.3, -0.25) is 0 Å². The summed E-state index contributed by atoms with van der Waals surface area (Å²) in [6.07, 6.45) is 0.871. The first-order valence-corrected chi connectivity index (χ1v) is 8.13. The molecule has 5 heteroatoms. The first kappa shape index (κ1) is 15.5. The topological polar surface area (TPSA) is 48.1 Å². The van der Waals surface area contributed by atoms with Crippen LogP contribution in [0.4, 0.5) is 10.1 Å². The van der Waals surface area contributed by atoms with Crippen molar-refractivity contribution in [2.75, 3.05) is 12.8 Å². The van der Waals surface area contributed by atoms with Crippen LogP contribution >= 0.6 is 11.3 Å². The molecule has 0 unspecified atom stereocenters. The van der Waals surface area contributed by atoms with Crippen LogP contribution in [0.3, 0.4) is 0 Å². The van der Waals surface area contributed by atoms with Crippen LogP contribution in [0.2, 0.25) is 0 Å². The molecule has 0 spiro atoms. The Kier molecular flexibility index (Phi) is 4.30. The number of nitrogens with zero attached hydrogens (tertiary/aromatic N) is 1.